The minimum atomic E-state index is -3.17. The van der Waals surface area contributed by atoms with Crippen LogP contribution in [0.25, 0.3) is 22.0 Å². The molecule has 0 radical (unpaired) electrons. The Morgan fingerprint density at radius 3 is 2.48 bits per heavy atom. The number of carbonyl (C=O) groups excluding carboxylic acids is 1. The molecular formula is C24H30N4O4S. The van der Waals surface area contributed by atoms with E-state index in [2.05, 4.69) is 16.5 Å². The van der Waals surface area contributed by atoms with Crippen LogP contribution in [-0.4, -0.2) is 49.6 Å². The number of hydrogen-bond acceptors (Lipinski definition) is 5. The van der Waals surface area contributed by atoms with E-state index in [9.17, 15) is 13.2 Å². The molecule has 2 aromatic carbocycles. The summed E-state index contributed by atoms with van der Waals surface area (Å²) in [5, 5.41) is 0.961. The van der Waals surface area contributed by atoms with Crippen molar-refractivity contribution in [2.75, 3.05) is 26.0 Å². The van der Waals surface area contributed by atoms with Crippen molar-refractivity contribution in [2.45, 2.75) is 32.2 Å². The van der Waals surface area contributed by atoms with Gasteiger partial charge in [0.25, 0.3) is 5.91 Å². The number of aromatic amines is 1. The molecule has 0 unspecified atom stereocenters. The van der Waals surface area contributed by atoms with Gasteiger partial charge < -0.3 is 15.6 Å². The van der Waals surface area contributed by atoms with Gasteiger partial charge in [0.15, 0.2) is 0 Å². The van der Waals surface area contributed by atoms with Crippen molar-refractivity contribution in [3.63, 3.8) is 0 Å². The fourth-order valence-corrected chi connectivity index (χ4v) is 5.68. The highest BCUT2D eigenvalue weighted by molar-refractivity contribution is 7.89. The van der Waals surface area contributed by atoms with E-state index in [1.165, 1.54) is 0 Å². The first-order valence-corrected chi connectivity index (χ1v) is 12.7. The summed E-state index contributed by atoms with van der Waals surface area (Å²) in [6, 6.07) is 12.0. The molecule has 1 aliphatic rings. The predicted molar refractivity (Wildman–Crippen MR) is 129 cm³/mol. The summed E-state index contributed by atoms with van der Waals surface area (Å²) >= 11 is 0. The maximum absolute atomic E-state index is 12.2. The number of H-pyrrole nitrogens is 1. The van der Waals surface area contributed by atoms with Gasteiger partial charge in [0.05, 0.1) is 23.9 Å². The quantitative estimate of drug-likeness (QED) is 0.437. The molecule has 4 N–H and O–H groups in total. The highest BCUT2D eigenvalue weighted by atomic mass is 32.2. The third-order valence-corrected chi connectivity index (χ3v) is 8.33. The van der Waals surface area contributed by atoms with E-state index in [1.54, 1.807) is 18.3 Å². The van der Waals surface area contributed by atoms with Gasteiger partial charge in [0.2, 0.25) is 10.0 Å². The summed E-state index contributed by atoms with van der Waals surface area (Å²) in [6.45, 7) is 3.28. The number of rotatable bonds is 8. The van der Waals surface area contributed by atoms with Crippen molar-refractivity contribution in [1.82, 2.24) is 14.8 Å². The van der Waals surface area contributed by atoms with E-state index in [4.69, 9.17) is 10.6 Å². The summed E-state index contributed by atoms with van der Waals surface area (Å²) in [5.41, 5.74) is 13.8. The van der Waals surface area contributed by atoms with Crippen LogP contribution in [0.1, 0.15) is 47.2 Å². The number of amides is 1. The number of carbonyl (C=O) groups is 1. The molecule has 0 spiro atoms. The zero-order valence-corrected chi connectivity index (χ0v) is 19.7. The number of hydrogen-bond donors (Lipinski definition) is 3. The predicted octanol–water partition coefficient (Wildman–Crippen LogP) is 3.11. The molecule has 0 saturated carbocycles. The third kappa shape index (κ3) is 4.81. The number of nitrogens with zero attached hydrogens (tertiary/aromatic N) is 1. The maximum Gasteiger partial charge on any atom is 0.250 e. The Bertz CT molecular complexity index is 1240. The van der Waals surface area contributed by atoms with Gasteiger partial charge >= 0.3 is 0 Å². The van der Waals surface area contributed by atoms with E-state index >= 15 is 0 Å². The van der Waals surface area contributed by atoms with Crippen LogP contribution in [0.4, 0.5) is 0 Å². The number of hydroxylamine groups is 1. The summed E-state index contributed by atoms with van der Waals surface area (Å²) < 4.78 is 26.0. The zero-order valence-electron chi connectivity index (χ0n) is 18.9. The van der Waals surface area contributed by atoms with Crippen molar-refractivity contribution in [3.05, 3.63) is 59.3 Å². The number of sulfonamides is 1. The molecule has 0 atom stereocenters. The van der Waals surface area contributed by atoms with Gasteiger partial charge in [-0.3, -0.25) is 4.79 Å². The zero-order chi connectivity index (χ0) is 23.6. The second-order valence-corrected chi connectivity index (χ2v) is 10.6. The Hall–Kier alpha value is -2.72. The summed E-state index contributed by atoms with van der Waals surface area (Å²) in [4.78, 5) is 20.4. The lowest BCUT2D eigenvalue weighted by Crippen LogP contribution is -2.38. The Morgan fingerprint density at radius 2 is 1.88 bits per heavy atom. The minimum absolute atomic E-state index is 0.121. The van der Waals surface area contributed by atoms with Crippen LogP contribution >= 0.6 is 0 Å². The van der Waals surface area contributed by atoms with E-state index in [-0.39, 0.29) is 11.7 Å². The lowest BCUT2D eigenvalue weighted by atomic mass is 9.88. The topological polar surface area (TPSA) is 118 Å². The molecule has 8 nitrogen and oxygen atoms in total. The smallest absolute Gasteiger partial charge is 0.250 e. The Labute approximate surface area is 194 Å². The summed E-state index contributed by atoms with van der Waals surface area (Å²) in [7, 11) is -1.59. The van der Waals surface area contributed by atoms with Crippen molar-refractivity contribution < 1.29 is 18.0 Å². The molecule has 1 amide bonds. The largest absolute Gasteiger partial charge is 0.366 e. The van der Waals surface area contributed by atoms with E-state index in [0.717, 1.165) is 46.0 Å². The molecule has 9 heteroatoms. The average molecular weight is 471 g/mol. The fourth-order valence-electron chi connectivity index (χ4n) is 4.55. The molecule has 0 aliphatic carbocycles. The molecule has 176 valence electrons. The molecule has 1 aliphatic heterocycles. The van der Waals surface area contributed by atoms with Crippen LogP contribution in [0.15, 0.2) is 42.6 Å². The van der Waals surface area contributed by atoms with Crippen LogP contribution in [0.3, 0.4) is 0 Å². The van der Waals surface area contributed by atoms with E-state index < -0.39 is 15.9 Å². The first kappa shape index (κ1) is 23.4. The molecule has 33 heavy (non-hydrogen) atoms. The minimum Gasteiger partial charge on any atom is -0.366 e. The van der Waals surface area contributed by atoms with Gasteiger partial charge in [0, 0.05) is 31.2 Å². The SMILES string of the molecule is CCS(=O)(=O)N1CCC(c2c[nH]c3c(C(N)=O)cc(-c4ccc(CNOC)cc4)cc23)CC1. The van der Waals surface area contributed by atoms with Crippen molar-refractivity contribution in [3.8, 4) is 11.1 Å². The van der Waals surface area contributed by atoms with Crippen LogP contribution in [0.5, 0.6) is 0 Å². The molecule has 4 rings (SSSR count). The highest BCUT2D eigenvalue weighted by Crippen LogP contribution is 2.37. The van der Waals surface area contributed by atoms with Gasteiger partial charge in [0.1, 0.15) is 0 Å². The van der Waals surface area contributed by atoms with E-state index in [0.29, 0.717) is 25.2 Å². The van der Waals surface area contributed by atoms with Crippen LogP contribution in [0, 0.1) is 0 Å². The molecule has 0 bridgehead atoms. The fraction of sp³-hybridized carbons (Fsp3) is 0.375. The Morgan fingerprint density at radius 1 is 1.18 bits per heavy atom. The summed E-state index contributed by atoms with van der Waals surface area (Å²) in [6.07, 6.45) is 3.42. The monoisotopic (exact) mass is 470 g/mol. The van der Waals surface area contributed by atoms with Gasteiger partial charge in [-0.25, -0.2) is 12.7 Å². The second-order valence-electron chi connectivity index (χ2n) is 8.35. The number of nitrogens with two attached hydrogens (primary N) is 1. The Kier molecular flexibility index (Phi) is 6.85. The Balaban J connectivity index is 1.68. The molecule has 3 aromatic rings. The molecule has 2 heterocycles. The number of aromatic nitrogens is 1. The molecule has 1 saturated heterocycles. The highest BCUT2D eigenvalue weighted by Gasteiger charge is 2.29. The molecule has 1 fully saturated rings. The average Bonchev–Trinajstić information content (AvgIpc) is 3.26. The van der Waals surface area contributed by atoms with Crippen molar-refractivity contribution >= 4 is 26.8 Å². The van der Waals surface area contributed by atoms with Gasteiger partial charge in [-0.2, -0.15) is 5.48 Å². The normalized spacial score (nSPS) is 15.8. The summed E-state index contributed by atoms with van der Waals surface area (Å²) in [5.74, 6) is -0.156. The maximum atomic E-state index is 12.2. The van der Waals surface area contributed by atoms with Crippen LogP contribution < -0.4 is 11.2 Å². The standard InChI is InChI=1S/C24H30N4O4S/c1-3-33(30,31)28-10-8-18(9-11-28)22-15-26-23-20(22)12-19(13-21(23)24(25)29)17-6-4-16(5-7-17)14-27-32-2/h4-7,12-13,15,18,26-27H,3,8-11,14H2,1-2H3,(H2,25,29). The van der Waals surface area contributed by atoms with Gasteiger partial charge in [-0.05, 0) is 60.1 Å². The third-order valence-electron chi connectivity index (χ3n) is 6.45. The number of fused-ring (bicyclic) bond motifs is 1. The van der Waals surface area contributed by atoms with Gasteiger partial charge in [-0.15, -0.1) is 0 Å². The number of benzene rings is 2. The van der Waals surface area contributed by atoms with Gasteiger partial charge in [-0.1, -0.05) is 24.3 Å². The number of piperidine rings is 1. The number of nitrogens with one attached hydrogen (secondary N) is 2. The van der Waals surface area contributed by atoms with Crippen LogP contribution in [-0.2, 0) is 21.4 Å². The first-order chi connectivity index (χ1) is 15.8. The van der Waals surface area contributed by atoms with E-state index in [1.807, 2.05) is 36.5 Å². The number of primary amides is 1. The van der Waals surface area contributed by atoms with Crippen LogP contribution in [0.2, 0.25) is 0 Å². The lowest BCUT2D eigenvalue weighted by molar-refractivity contribution is 0.0867. The first-order valence-electron chi connectivity index (χ1n) is 11.1. The second kappa shape index (κ2) is 9.64. The molecule has 1 aromatic heterocycles. The lowest BCUT2D eigenvalue weighted by Gasteiger charge is -2.31. The molecular weight excluding hydrogens is 440 g/mol. The van der Waals surface area contributed by atoms with Crippen molar-refractivity contribution in [2.24, 2.45) is 5.73 Å². The van der Waals surface area contributed by atoms with Crippen molar-refractivity contribution in [1.29, 1.82) is 0 Å².